The van der Waals surface area contributed by atoms with Gasteiger partial charge in [0, 0.05) is 0 Å². The van der Waals surface area contributed by atoms with Gasteiger partial charge < -0.3 is 0 Å². The summed E-state index contributed by atoms with van der Waals surface area (Å²) in [5, 5.41) is 6.45. The molecule has 0 aromatic carbocycles. The van der Waals surface area contributed by atoms with Crippen LogP contribution >= 0.6 is 11.8 Å². The standard InChI is InChI=1S/C10H15N2O2S.Na/c13-5-3-1-2-4-8-9-7(6-15-8)11-10(14)12-9;/h7-9H,1-4,6H2,(H2,11,12,14);/t7-,8-,9-;/m0./s1. The molecule has 3 atom stereocenters. The Morgan fingerprint density at radius 2 is 2.25 bits per heavy atom. The zero-order chi connectivity index (χ0) is 11.5. The molecular weight excluding hydrogens is 235 g/mol. The summed E-state index contributed by atoms with van der Waals surface area (Å²) < 4.78 is 0.410. The van der Waals surface area contributed by atoms with Crippen LogP contribution in [0.1, 0.15) is 25.7 Å². The van der Waals surface area contributed by atoms with Gasteiger partial charge in [-0.05, 0) is 0 Å². The molecule has 0 aromatic rings. The van der Waals surface area contributed by atoms with Crippen LogP contribution in [0.25, 0.3) is 0 Å². The van der Waals surface area contributed by atoms with Gasteiger partial charge in [-0.25, -0.2) is 0 Å². The van der Waals surface area contributed by atoms with Gasteiger partial charge in [-0.15, -0.1) is 0 Å². The maximum atomic E-state index is 11.1. The molecule has 6 heteroatoms. The van der Waals surface area contributed by atoms with Crippen LogP contribution in [0.3, 0.4) is 0 Å². The molecule has 2 fully saturated rings. The molecule has 16 heavy (non-hydrogen) atoms. The molecule has 2 rings (SSSR count). The van der Waals surface area contributed by atoms with Gasteiger partial charge in [0.05, 0.1) is 0 Å². The zero-order valence-corrected chi connectivity index (χ0v) is 12.3. The number of amides is 2. The average Bonchev–Trinajstić information content (AvgIpc) is 2.72. The van der Waals surface area contributed by atoms with Gasteiger partial charge >= 0.3 is 118 Å². The van der Waals surface area contributed by atoms with Crippen LogP contribution in [0.5, 0.6) is 0 Å². The Labute approximate surface area is 117 Å². The van der Waals surface area contributed by atoms with Crippen LogP contribution in [0.15, 0.2) is 0 Å². The molecule has 2 saturated heterocycles. The number of carbonyl (C=O) groups excluding carboxylic acids is 2. The Bertz CT molecular complexity index is 301. The zero-order valence-electron chi connectivity index (χ0n) is 9.49. The molecule has 0 unspecified atom stereocenters. The first-order valence-corrected chi connectivity index (χ1v) is 7.90. The SMILES string of the molecule is O=[C]([Na])CCCC[C@@H]1SC[C@@H]2NC(=O)N[C@@H]21. The summed E-state index contributed by atoms with van der Waals surface area (Å²) in [5.41, 5.74) is 0. The third-order valence-electron chi connectivity index (χ3n) is 3.21. The molecule has 0 aromatic heterocycles. The Kier molecular flexibility index (Phi) is 4.58. The molecule has 2 aliphatic heterocycles. The number of hydrogen-bond donors (Lipinski definition) is 2. The molecule has 0 aliphatic carbocycles. The fourth-order valence-electron chi connectivity index (χ4n) is 2.36. The summed E-state index contributed by atoms with van der Waals surface area (Å²) in [6, 6.07) is 0.613. The fourth-order valence-corrected chi connectivity index (χ4v) is 4.26. The summed E-state index contributed by atoms with van der Waals surface area (Å²) in [4.78, 5) is 22.0. The first-order valence-electron chi connectivity index (χ1n) is 5.85. The molecule has 84 valence electrons. The molecule has 2 heterocycles. The van der Waals surface area contributed by atoms with Crippen molar-refractivity contribution in [2.45, 2.75) is 43.0 Å². The van der Waals surface area contributed by atoms with E-state index in [1.165, 1.54) is 0 Å². The van der Waals surface area contributed by atoms with Gasteiger partial charge in [0.15, 0.2) is 0 Å². The quantitative estimate of drug-likeness (QED) is 0.422. The molecule has 0 spiro atoms. The van der Waals surface area contributed by atoms with E-state index in [2.05, 4.69) is 10.6 Å². The monoisotopic (exact) mass is 250 g/mol. The number of urea groups is 1. The number of thioether (sulfide) groups is 1. The van der Waals surface area contributed by atoms with Gasteiger partial charge in [0.2, 0.25) is 0 Å². The second-order valence-corrected chi connectivity index (χ2v) is 6.96. The number of nitrogens with one attached hydrogen (secondary N) is 2. The van der Waals surface area contributed by atoms with E-state index in [-0.39, 0.29) is 6.03 Å². The Hall–Kier alpha value is 0.290. The van der Waals surface area contributed by atoms with Crippen LogP contribution in [-0.4, -0.2) is 60.1 Å². The summed E-state index contributed by atoms with van der Waals surface area (Å²) in [5.74, 6) is 1.02. The van der Waals surface area contributed by atoms with E-state index in [4.69, 9.17) is 0 Å². The van der Waals surface area contributed by atoms with Crippen molar-refractivity contribution >= 4 is 48.8 Å². The molecule has 0 radical (unpaired) electrons. The van der Waals surface area contributed by atoms with Crippen LogP contribution < -0.4 is 10.6 Å². The molecule has 0 bridgehead atoms. The van der Waals surface area contributed by atoms with E-state index in [9.17, 15) is 9.59 Å². The van der Waals surface area contributed by atoms with Gasteiger partial charge in [0.1, 0.15) is 0 Å². The third-order valence-corrected chi connectivity index (χ3v) is 5.21. The number of unbranched alkanes of at least 4 members (excludes halogenated alkanes) is 1. The van der Waals surface area contributed by atoms with Crippen molar-refractivity contribution in [2.75, 3.05) is 5.75 Å². The second kappa shape index (κ2) is 5.76. The predicted molar refractivity (Wildman–Crippen MR) is 64.7 cm³/mol. The van der Waals surface area contributed by atoms with Crippen molar-refractivity contribution in [3.8, 4) is 0 Å². The van der Waals surface area contributed by atoms with Crippen LogP contribution in [0.4, 0.5) is 4.79 Å². The van der Waals surface area contributed by atoms with Crippen molar-refractivity contribution in [1.29, 1.82) is 0 Å². The molecule has 2 N–H and O–H groups in total. The first-order chi connectivity index (χ1) is 7.66. The Balaban J connectivity index is 1.70. The van der Waals surface area contributed by atoms with Crippen molar-refractivity contribution in [3.05, 3.63) is 0 Å². The van der Waals surface area contributed by atoms with Crippen molar-refractivity contribution in [2.24, 2.45) is 0 Å². The number of fused-ring (bicyclic) bond motifs is 1. The number of rotatable bonds is 5. The van der Waals surface area contributed by atoms with Gasteiger partial charge in [-0.3, -0.25) is 0 Å². The summed E-state index contributed by atoms with van der Waals surface area (Å²) in [7, 11) is 0. The molecule has 0 saturated carbocycles. The topological polar surface area (TPSA) is 58.2 Å². The number of carbonyl (C=O) groups is 2. The van der Waals surface area contributed by atoms with E-state index >= 15 is 0 Å². The predicted octanol–water partition coefficient (Wildman–Crippen LogP) is 0.407. The molecule has 2 aliphatic rings. The minimum absolute atomic E-state index is 0.0185. The number of hydrogen-bond acceptors (Lipinski definition) is 3. The van der Waals surface area contributed by atoms with E-state index in [0.29, 0.717) is 48.3 Å². The minimum atomic E-state index is -0.0185. The second-order valence-electron chi connectivity index (χ2n) is 4.57. The molecular formula is C10H15N2NaO2S. The third kappa shape index (κ3) is 3.15. The van der Waals surface area contributed by atoms with E-state index < -0.39 is 0 Å². The van der Waals surface area contributed by atoms with Crippen molar-refractivity contribution in [1.82, 2.24) is 10.6 Å². The van der Waals surface area contributed by atoms with E-state index in [0.717, 1.165) is 31.4 Å². The van der Waals surface area contributed by atoms with Crippen LogP contribution in [-0.2, 0) is 4.79 Å². The van der Waals surface area contributed by atoms with Gasteiger partial charge in [-0.1, -0.05) is 0 Å². The van der Waals surface area contributed by atoms with Crippen LogP contribution in [0.2, 0.25) is 0 Å². The van der Waals surface area contributed by atoms with Crippen LogP contribution in [0, 0.1) is 0 Å². The van der Waals surface area contributed by atoms with Gasteiger partial charge in [0.25, 0.3) is 0 Å². The fraction of sp³-hybridized carbons (Fsp3) is 0.800. The molecule has 4 nitrogen and oxygen atoms in total. The van der Waals surface area contributed by atoms with E-state index in [1.54, 1.807) is 0 Å². The Morgan fingerprint density at radius 1 is 1.44 bits per heavy atom. The maximum absolute atomic E-state index is 11.1. The van der Waals surface area contributed by atoms with E-state index in [1.807, 2.05) is 11.8 Å². The van der Waals surface area contributed by atoms with Crippen molar-refractivity contribution < 1.29 is 9.59 Å². The summed E-state index contributed by atoms with van der Waals surface area (Å²) in [6.45, 7) is 0. The summed E-state index contributed by atoms with van der Waals surface area (Å²) in [6.07, 6.45) is 3.98. The first kappa shape index (κ1) is 12.7. The molecule has 2 amide bonds. The Morgan fingerprint density at radius 3 is 3.00 bits per heavy atom. The van der Waals surface area contributed by atoms with Crippen molar-refractivity contribution in [3.63, 3.8) is 0 Å². The normalized spacial score (nSPS) is 32.1. The average molecular weight is 250 g/mol. The van der Waals surface area contributed by atoms with Gasteiger partial charge in [-0.2, -0.15) is 0 Å². The summed E-state index contributed by atoms with van der Waals surface area (Å²) >= 11 is 2.63.